The Hall–Kier alpha value is -1.43. The van der Waals surface area contributed by atoms with Gasteiger partial charge in [0.2, 0.25) is 10.0 Å². The second-order valence-corrected chi connectivity index (χ2v) is 9.06. The van der Waals surface area contributed by atoms with Gasteiger partial charge in [-0.25, -0.2) is 8.42 Å². The molecule has 4 nitrogen and oxygen atoms in total. The van der Waals surface area contributed by atoms with Crippen LogP contribution in [0.25, 0.3) is 0 Å². The van der Waals surface area contributed by atoms with Gasteiger partial charge in [-0.05, 0) is 42.8 Å². The fourth-order valence-corrected chi connectivity index (χ4v) is 7.06. The van der Waals surface area contributed by atoms with Crippen LogP contribution in [0.5, 0.6) is 5.75 Å². The first-order valence-electron chi connectivity index (χ1n) is 7.52. The van der Waals surface area contributed by atoms with E-state index in [-0.39, 0.29) is 5.92 Å². The van der Waals surface area contributed by atoms with Crippen LogP contribution in [0.2, 0.25) is 10.0 Å². The van der Waals surface area contributed by atoms with Crippen LogP contribution in [-0.2, 0) is 14.8 Å². The van der Waals surface area contributed by atoms with Crippen LogP contribution in [0, 0.1) is 5.92 Å². The van der Waals surface area contributed by atoms with Crippen molar-refractivity contribution in [1.82, 2.24) is 0 Å². The Balaban J connectivity index is 1.79. The SMILES string of the molecule is COc1ccc(N2CC3CC3(c3c(Cl)cccc3Cl)S2(=O)=O)cc1. The van der Waals surface area contributed by atoms with E-state index < -0.39 is 14.8 Å². The van der Waals surface area contributed by atoms with E-state index in [0.29, 0.717) is 40.0 Å². The van der Waals surface area contributed by atoms with E-state index in [1.54, 1.807) is 49.6 Å². The fraction of sp³-hybridized carbons (Fsp3) is 0.294. The summed E-state index contributed by atoms with van der Waals surface area (Å²) >= 11 is 12.6. The Labute approximate surface area is 151 Å². The van der Waals surface area contributed by atoms with Crippen LogP contribution in [-0.4, -0.2) is 22.1 Å². The second kappa shape index (κ2) is 5.28. The third-order valence-electron chi connectivity index (χ3n) is 4.93. The molecule has 1 heterocycles. The van der Waals surface area contributed by atoms with Gasteiger partial charge >= 0.3 is 0 Å². The summed E-state index contributed by atoms with van der Waals surface area (Å²) in [6, 6.07) is 12.1. The van der Waals surface area contributed by atoms with Gasteiger partial charge in [-0.15, -0.1) is 0 Å². The van der Waals surface area contributed by atoms with Crippen LogP contribution in [0.4, 0.5) is 5.69 Å². The molecule has 126 valence electrons. The molecule has 0 amide bonds. The largest absolute Gasteiger partial charge is 0.497 e. The Morgan fingerprint density at radius 2 is 1.75 bits per heavy atom. The highest BCUT2D eigenvalue weighted by Crippen LogP contribution is 2.66. The smallest absolute Gasteiger partial charge is 0.245 e. The molecule has 1 saturated heterocycles. The molecule has 1 aliphatic carbocycles. The van der Waals surface area contributed by atoms with Crippen molar-refractivity contribution in [3.8, 4) is 5.75 Å². The maximum atomic E-state index is 13.3. The lowest BCUT2D eigenvalue weighted by atomic mass is 10.1. The van der Waals surface area contributed by atoms with E-state index in [1.807, 2.05) is 0 Å². The number of anilines is 1. The third-order valence-corrected chi connectivity index (χ3v) is 8.13. The first-order valence-corrected chi connectivity index (χ1v) is 9.72. The molecule has 1 saturated carbocycles. The summed E-state index contributed by atoms with van der Waals surface area (Å²) in [4.78, 5) is 0. The molecule has 2 aliphatic rings. The topological polar surface area (TPSA) is 46.6 Å². The average molecular weight is 384 g/mol. The number of halogens is 2. The van der Waals surface area contributed by atoms with Crippen molar-refractivity contribution in [2.75, 3.05) is 18.0 Å². The quantitative estimate of drug-likeness (QED) is 0.802. The van der Waals surface area contributed by atoms with Crippen molar-refractivity contribution in [3.05, 3.63) is 58.1 Å². The minimum Gasteiger partial charge on any atom is -0.497 e. The van der Waals surface area contributed by atoms with Gasteiger partial charge in [0.05, 0.1) is 12.8 Å². The normalized spacial score (nSPS) is 27.0. The second-order valence-electron chi connectivity index (χ2n) is 6.12. The molecule has 0 N–H and O–H groups in total. The Bertz CT molecular complexity index is 894. The number of hydrogen-bond donors (Lipinski definition) is 0. The molecule has 2 aromatic carbocycles. The zero-order valence-corrected chi connectivity index (χ0v) is 15.2. The first kappa shape index (κ1) is 16.1. The molecular weight excluding hydrogens is 369 g/mol. The molecule has 4 rings (SSSR count). The standard InChI is InChI=1S/C17H15Cl2NO3S/c1-23-13-7-5-12(6-8-13)20-10-11-9-17(11,24(20,21)22)16-14(18)3-2-4-15(16)19/h2-8,11H,9-10H2,1H3. The van der Waals surface area contributed by atoms with Gasteiger partial charge in [0.15, 0.2) is 0 Å². The number of methoxy groups -OCH3 is 1. The van der Waals surface area contributed by atoms with Crippen LogP contribution in [0.3, 0.4) is 0 Å². The van der Waals surface area contributed by atoms with E-state index in [9.17, 15) is 8.42 Å². The van der Waals surface area contributed by atoms with Crippen molar-refractivity contribution in [1.29, 1.82) is 0 Å². The number of nitrogens with zero attached hydrogens (tertiary/aromatic N) is 1. The van der Waals surface area contributed by atoms with Gasteiger partial charge in [-0.1, -0.05) is 29.3 Å². The van der Waals surface area contributed by atoms with E-state index >= 15 is 0 Å². The van der Waals surface area contributed by atoms with E-state index in [4.69, 9.17) is 27.9 Å². The summed E-state index contributed by atoms with van der Waals surface area (Å²) < 4.78 is 32.2. The summed E-state index contributed by atoms with van der Waals surface area (Å²) in [5.74, 6) is 0.686. The highest BCUT2D eigenvalue weighted by atomic mass is 35.5. The molecule has 2 aromatic rings. The lowest BCUT2D eigenvalue weighted by molar-refractivity contribution is 0.415. The minimum absolute atomic E-state index is 0.00185. The van der Waals surface area contributed by atoms with Crippen LogP contribution in [0.1, 0.15) is 12.0 Å². The number of ether oxygens (including phenoxy) is 1. The maximum absolute atomic E-state index is 13.3. The van der Waals surface area contributed by atoms with E-state index in [1.165, 1.54) is 4.31 Å². The zero-order valence-electron chi connectivity index (χ0n) is 12.9. The van der Waals surface area contributed by atoms with E-state index in [0.717, 1.165) is 0 Å². The number of hydrogen-bond acceptors (Lipinski definition) is 3. The molecule has 0 aromatic heterocycles. The average Bonchev–Trinajstić information content (AvgIpc) is 3.23. The van der Waals surface area contributed by atoms with Crippen LogP contribution < -0.4 is 9.04 Å². The van der Waals surface area contributed by atoms with Crippen molar-refractivity contribution >= 4 is 38.9 Å². The predicted octanol–water partition coefficient (Wildman–Crippen LogP) is 4.07. The molecule has 0 radical (unpaired) electrons. The summed E-state index contributed by atoms with van der Waals surface area (Å²) in [7, 11) is -2.03. The molecule has 2 unspecified atom stereocenters. The number of fused-ring (bicyclic) bond motifs is 1. The fourth-order valence-electron chi connectivity index (χ4n) is 3.66. The molecular formula is C17H15Cl2NO3S. The highest BCUT2D eigenvalue weighted by molar-refractivity contribution is 7.94. The van der Waals surface area contributed by atoms with E-state index in [2.05, 4.69) is 0 Å². The third kappa shape index (κ3) is 2.01. The summed E-state index contributed by atoms with van der Waals surface area (Å²) in [6.45, 7) is 0.441. The minimum atomic E-state index is -3.60. The Kier molecular flexibility index (Phi) is 3.53. The van der Waals surface area contributed by atoms with Crippen molar-refractivity contribution in [2.24, 2.45) is 5.92 Å². The lowest BCUT2D eigenvalue weighted by Gasteiger charge is -2.24. The summed E-state index contributed by atoms with van der Waals surface area (Å²) in [5.41, 5.74) is 1.17. The molecule has 0 bridgehead atoms. The zero-order chi connectivity index (χ0) is 17.1. The van der Waals surface area contributed by atoms with Gasteiger partial charge in [-0.2, -0.15) is 0 Å². The number of sulfonamides is 1. The van der Waals surface area contributed by atoms with Crippen LogP contribution in [0.15, 0.2) is 42.5 Å². The van der Waals surface area contributed by atoms with Gasteiger partial charge in [-0.3, -0.25) is 4.31 Å². The molecule has 7 heteroatoms. The molecule has 2 atom stereocenters. The summed E-state index contributed by atoms with van der Waals surface area (Å²) in [5, 5.41) is 0.815. The van der Waals surface area contributed by atoms with Gasteiger partial charge in [0.25, 0.3) is 0 Å². The maximum Gasteiger partial charge on any atom is 0.245 e. The number of benzene rings is 2. The summed E-state index contributed by atoms with van der Waals surface area (Å²) in [6.07, 6.45) is 0.561. The van der Waals surface area contributed by atoms with Gasteiger partial charge < -0.3 is 4.74 Å². The number of rotatable bonds is 3. The van der Waals surface area contributed by atoms with Crippen molar-refractivity contribution in [2.45, 2.75) is 11.2 Å². The van der Waals surface area contributed by atoms with Gasteiger partial charge in [0, 0.05) is 28.1 Å². The van der Waals surface area contributed by atoms with Crippen molar-refractivity contribution < 1.29 is 13.2 Å². The Morgan fingerprint density at radius 1 is 1.12 bits per heavy atom. The predicted molar refractivity (Wildman–Crippen MR) is 95.5 cm³/mol. The molecule has 0 spiro atoms. The van der Waals surface area contributed by atoms with Gasteiger partial charge in [0.1, 0.15) is 10.5 Å². The molecule has 1 aliphatic heterocycles. The Morgan fingerprint density at radius 3 is 2.33 bits per heavy atom. The monoisotopic (exact) mass is 383 g/mol. The van der Waals surface area contributed by atoms with Crippen LogP contribution >= 0.6 is 23.2 Å². The molecule has 24 heavy (non-hydrogen) atoms. The lowest BCUT2D eigenvalue weighted by Crippen LogP contribution is -2.33. The first-order chi connectivity index (χ1) is 11.4. The van der Waals surface area contributed by atoms with Crippen molar-refractivity contribution in [3.63, 3.8) is 0 Å². The molecule has 2 fully saturated rings. The highest BCUT2D eigenvalue weighted by Gasteiger charge is 2.73.